The number of nitrogens with one attached hydrogen (secondary N) is 2. The maximum atomic E-state index is 13.4. The Bertz CT molecular complexity index is 1680. The average Bonchev–Trinajstić information content (AvgIpc) is 3.60. The van der Waals surface area contributed by atoms with Gasteiger partial charge >= 0.3 is 0 Å². The molecule has 252 valence electrons. The lowest BCUT2D eigenvalue weighted by Gasteiger charge is -2.39. The third kappa shape index (κ3) is 6.60. The van der Waals surface area contributed by atoms with Crippen molar-refractivity contribution in [1.82, 2.24) is 19.8 Å². The summed E-state index contributed by atoms with van der Waals surface area (Å²) in [5.41, 5.74) is 3.70. The molecule has 4 aliphatic rings. The lowest BCUT2D eigenvalue weighted by molar-refractivity contribution is 0.173. The molecule has 0 radical (unpaired) electrons. The molecule has 0 saturated carbocycles. The predicted octanol–water partition coefficient (Wildman–Crippen LogP) is 5.42. The van der Waals surface area contributed by atoms with Gasteiger partial charge in [-0.1, -0.05) is 11.6 Å². The number of rotatable bonds is 8. The number of nitrogens with zero attached hydrogens (tertiary/aromatic N) is 5. The van der Waals surface area contributed by atoms with Gasteiger partial charge in [0.2, 0.25) is 5.95 Å². The maximum Gasteiger partial charge on any atom is 0.229 e. The summed E-state index contributed by atoms with van der Waals surface area (Å²) < 4.78 is 30.9. The van der Waals surface area contributed by atoms with Crippen LogP contribution >= 0.6 is 18.7 Å². The van der Waals surface area contributed by atoms with Crippen molar-refractivity contribution in [2.24, 2.45) is 11.8 Å². The van der Waals surface area contributed by atoms with E-state index in [4.69, 9.17) is 25.8 Å². The molecule has 47 heavy (non-hydrogen) atoms. The van der Waals surface area contributed by atoms with Gasteiger partial charge < -0.3 is 39.2 Å². The molecule has 5 heterocycles. The van der Waals surface area contributed by atoms with Crippen molar-refractivity contribution in [1.29, 1.82) is 0 Å². The van der Waals surface area contributed by atoms with Gasteiger partial charge in [-0.15, -0.1) is 0 Å². The first kappa shape index (κ1) is 32.3. The second-order valence-corrected chi connectivity index (χ2v) is 17.3. The molecule has 1 unspecified atom stereocenters. The van der Waals surface area contributed by atoms with Crippen LogP contribution < -0.4 is 35.0 Å². The van der Waals surface area contributed by atoms with E-state index in [0.717, 1.165) is 36.2 Å². The minimum Gasteiger partial charge on any atom is -0.494 e. The summed E-state index contributed by atoms with van der Waals surface area (Å²) in [5, 5.41) is 7.50. The van der Waals surface area contributed by atoms with Gasteiger partial charge in [-0.05, 0) is 75.7 Å². The molecule has 4 aliphatic heterocycles. The van der Waals surface area contributed by atoms with Crippen LogP contribution in [0.1, 0.15) is 18.4 Å². The molecule has 3 fully saturated rings. The van der Waals surface area contributed by atoms with E-state index in [9.17, 15) is 4.57 Å². The number of aryl methyl sites for hydroxylation is 1. The summed E-state index contributed by atoms with van der Waals surface area (Å²) in [6.07, 6.45) is 3.90. The predicted molar refractivity (Wildman–Crippen MR) is 189 cm³/mol. The van der Waals surface area contributed by atoms with Gasteiger partial charge in [0.1, 0.15) is 31.1 Å². The highest BCUT2D eigenvalue weighted by atomic mass is 35.5. The molecule has 2 aromatic carbocycles. The summed E-state index contributed by atoms with van der Waals surface area (Å²) in [5.74, 6) is 4.20. The van der Waals surface area contributed by atoms with Gasteiger partial charge in [-0.3, -0.25) is 4.90 Å². The van der Waals surface area contributed by atoms with Crippen molar-refractivity contribution in [3.63, 3.8) is 0 Å². The Hall–Kier alpha value is -3.24. The summed E-state index contributed by atoms with van der Waals surface area (Å²) >= 11 is 6.56. The highest BCUT2D eigenvalue weighted by Crippen LogP contribution is 2.47. The van der Waals surface area contributed by atoms with Crippen LogP contribution in [0.5, 0.6) is 17.2 Å². The van der Waals surface area contributed by atoms with E-state index in [1.807, 2.05) is 6.07 Å². The number of hydrogen-bond donors (Lipinski definition) is 2. The number of benzene rings is 2. The van der Waals surface area contributed by atoms with Gasteiger partial charge in [0.05, 0.1) is 30.0 Å². The molecule has 3 saturated heterocycles. The zero-order valence-electron chi connectivity index (χ0n) is 27.9. The standard InChI is InChI=1S/C34H45ClN7O4P/c1-21-14-27(30(44-3)15-28(21)41-10-8-24(9-11-41)42-19-22-17-40(2)18-23(22)20-42)38-34-36-16-25(35)33(39-34)37-26-6-7-29-31(46-13-12-45-29)32(26)47(4,5)43/h6-7,14-16,22-24H,8-13,17-20H2,1-5H3,(H2,36,37,38,39)/t22-,23?/m0/s1. The molecule has 13 heteroatoms. The van der Waals surface area contributed by atoms with E-state index in [2.05, 4.69) is 61.4 Å². The van der Waals surface area contributed by atoms with Gasteiger partial charge in [-0.25, -0.2) is 4.98 Å². The van der Waals surface area contributed by atoms with E-state index < -0.39 is 7.14 Å². The fraction of sp³-hybridized carbons (Fsp3) is 0.529. The summed E-state index contributed by atoms with van der Waals surface area (Å²) in [7, 11) is 1.16. The number of anilines is 5. The Balaban J connectivity index is 1.06. The third-order valence-electron chi connectivity index (χ3n) is 10.0. The van der Waals surface area contributed by atoms with Crippen LogP contribution in [0.3, 0.4) is 0 Å². The Kier molecular flexibility index (Phi) is 8.93. The molecule has 2 atom stereocenters. The number of ether oxygens (including phenoxy) is 3. The lowest BCUT2D eigenvalue weighted by atomic mass is 10.0. The van der Waals surface area contributed by atoms with Crippen LogP contribution in [0, 0.1) is 18.8 Å². The van der Waals surface area contributed by atoms with E-state index in [-0.39, 0.29) is 0 Å². The largest absolute Gasteiger partial charge is 0.494 e. The summed E-state index contributed by atoms with van der Waals surface area (Å²) in [6.45, 7) is 13.5. The van der Waals surface area contributed by atoms with Crippen LogP contribution in [-0.4, -0.2) is 106 Å². The first-order valence-corrected chi connectivity index (χ1v) is 19.5. The van der Waals surface area contributed by atoms with Gasteiger partial charge in [0.15, 0.2) is 17.3 Å². The smallest absolute Gasteiger partial charge is 0.229 e. The normalized spacial score (nSPS) is 22.0. The Morgan fingerprint density at radius 1 is 1.00 bits per heavy atom. The molecular weight excluding hydrogens is 637 g/mol. The Morgan fingerprint density at radius 3 is 2.43 bits per heavy atom. The van der Waals surface area contributed by atoms with Crippen LogP contribution in [-0.2, 0) is 4.57 Å². The molecule has 0 bridgehead atoms. The number of hydrogen-bond acceptors (Lipinski definition) is 11. The molecule has 0 aliphatic carbocycles. The lowest BCUT2D eigenvalue weighted by Crippen LogP contribution is -2.45. The average molecular weight is 682 g/mol. The maximum absolute atomic E-state index is 13.4. The molecular formula is C34H45ClN7O4P. The summed E-state index contributed by atoms with van der Waals surface area (Å²) in [6, 6.07) is 8.50. The fourth-order valence-electron chi connectivity index (χ4n) is 7.82. The molecule has 11 nitrogen and oxygen atoms in total. The van der Waals surface area contributed by atoms with Crippen molar-refractivity contribution in [2.75, 3.05) is 95.5 Å². The molecule has 3 aromatic rings. The quantitative estimate of drug-likeness (QED) is 0.298. The van der Waals surface area contributed by atoms with Gasteiger partial charge in [0.25, 0.3) is 0 Å². The molecule has 0 amide bonds. The number of methoxy groups -OCH3 is 1. The molecule has 2 N–H and O–H groups in total. The monoisotopic (exact) mass is 681 g/mol. The summed E-state index contributed by atoms with van der Waals surface area (Å²) in [4.78, 5) is 16.9. The van der Waals surface area contributed by atoms with E-state index in [1.54, 1.807) is 26.5 Å². The third-order valence-corrected chi connectivity index (χ3v) is 11.8. The van der Waals surface area contributed by atoms with Crippen molar-refractivity contribution in [3.8, 4) is 17.2 Å². The van der Waals surface area contributed by atoms with E-state index >= 15 is 0 Å². The second-order valence-electron chi connectivity index (χ2n) is 13.7. The van der Waals surface area contributed by atoms with Crippen molar-refractivity contribution >= 4 is 52.9 Å². The number of fused-ring (bicyclic) bond motifs is 2. The number of halogens is 1. The van der Waals surface area contributed by atoms with Gasteiger partial charge in [0, 0.05) is 57.1 Å². The van der Waals surface area contributed by atoms with Crippen LogP contribution in [0.15, 0.2) is 30.5 Å². The fourth-order valence-corrected chi connectivity index (χ4v) is 9.33. The number of likely N-dealkylation sites (tertiary alicyclic amines) is 2. The Morgan fingerprint density at radius 2 is 1.72 bits per heavy atom. The molecule has 7 rings (SSSR count). The van der Waals surface area contributed by atoms with Gasteiger partial charge in [-0.2, -0.15) is 4.98 Å². The SMILES string of the molecule is COc1cc(N2CCC(N3CC4CN(C)C[C@H]4C3)CC2)c(C)cc1Nc1ncc(Cl)c(Nc2ccc3c(c2P(C)(C)=O)OCCO3)n1. The minimum atomic E-state index is -2.78. The highest BCUT2D eigenvalue weighted by Gasteiger charge is 2.41. The van der Waals surface area contributed by atoms with E-state index in [0.29, 0.717) is 64.3 Å². The number of piperidine rings is 1. The topological polar surface area (TPSA) is 104 Å². The van der Waals surface area contributed by atoms with Crippen LogP contribution in [0.4, 0.5) is 28.8 Å². The molecule has 0 spiro atoms. The number of aromatic nitrogens is 2. The first-order valence-electron chi connectivity index (χ1n) is 16.5. The Labute approximate surface area is 282 Å². The second kappa shape index (κ2) is 13.0. The van der Waals surface area contributed by atoms with Crippen LogP contribution in [0.25, 0.3) is 0 Å². The van der Waals surface area contributed by atoms with E-state index in [1.165, 1.54) is 50.9 Å². The molecule has 1 aromatic heterocycles. The first-order chi connectivity index (χ1) is 22.6. The zero-order chi connectivity index (χ0) is 32.9. The van der Waals surface area contributed by atoms with Crippen molar-refractivity contribution < 1.29 is 18.8 Å². The van der Waals surface area contributed by atoms with Crippen molar-refractivity contribution in [2.45, 2.75) is 25.8 Å². The van der Waals surface area contributed by atoms with Crippen molar-refractivity contribution in [3.05, 3.63) is 41.0 Å². The van der Waals surface area contributed by atoms with Crippen LogP contribution in [0.2, 0.25) is 5.02 Å². The minimum absolute atomic E-state index is 0.324. The zero-order valence-corrected chi connectivity index (χ0v) is 29.5. The highest BCUT2D eigenvalue weighted by molar-refractivity contribution is 7.70.